The molecule has 4 heteroatoms. The molecule has 0 aromatic carbocycles. The van der Waals surface area contributed by atoms with Crippen LogP contribution < -0.4 is 5.32 Å². The molecule has 0 aliphatic rings. The van der Waals surface area contributed by atoms with Crippen LogP contribution in [-0.2, 0) is 4.79 Å². The van der Waals surface area contributed by atoms with Crippen LogP contribution in [0.4, 0.5) is 0 Å². The Balaban J connectivity index is 3.61. The number of carbonyl (C=O) groups is 1. The van der Waals surface area contributed by atoms with E-state index in [4.69, 9.17) is 10.2 Å². The predicted molar refractivity (Wildman–Crippen MR) is 41.4 cm³/mol. The summed E-state index contributed by atoms with van der Waals surface area (Å²) in [5, 5.41) is 19.7. The molecule has 3 N–H and O–H groups in total. The molecule has 4 nitrogen and oxygen atoms in total. The van der Waals surface area contributed by atoms with Crippen LogP contribution in [0.5, 0.6) is 0 Å². The number of aliphatic hydroxyl groups is 1. The Morgan fingerprint density at radius 3 is 2.36 bits per heavy atom. The van der Waals surface area contributed by atoms with Gasteiger partial charge in [-0.05, 0) is 12.5 Å². The zero-order chi connectivity index (χ0) is 8.85. The summed E-state index contributed by atoms with van der Waals surface area (Å²) in [5.41, 5.74) is 0. The van der Waals surface area contributed by atoms with Gasteiger partial charge in [0.1, 0.15) is 6.04 Å². The standard InChI is InChI=1S/C7H15NO3/c1-5(2)3-8-6(4-9)7(10)11/h5-6,8-9H,3-4H2,1-2H3,(H,10,11)/t6-/m1/s1. The maximum absolute atomic E-state index is 10.3. The Kier molecular flexibility index (Phi) is 4.81. The summed E-state index contributed by atoms with van der Waals surface area (Å²) < 4.78 is 0. The molecule has 0 aromatic rings. The fourth-order valence-corrected chi connectivity index (χ4v) is 0.608. The Morgan fingerprint density at radius 1 is 1.55 bits per heavy atom. The molecule has 0 aromatic heterocycles. The number of aliphatic hydroxyl groups excluding tert-OH is 1. The molecule has 0 bridgehead atoms. The predicted octanol–water partition coefficient (Wildman–Crippen LogP) is -0.323. The molecule has 0 saturated heterocycles. The SMILES string of the molecule is CC(C)CN[C@H](CO)C(=O)O. The number of rotatable bonds is 5. The molecule has 11 heavy (non-hydrogen) atoms. The molecular weight excluding hydrogens is 146 g/mol. The first-order valence-corrected chi connectivity index (χ1v) is 3.65. The molecule has 0 amide bonds. The first kappa shape index (κ1) is 10.4. The number of carboxylic acid groups (broad SMARTS) is 1. The van der Waals surface area contributed by atoms with Crippen LogP contribution in [0.1, 0.15) is 13.8 Å². The second-order valence-electron chi connectivity index (χ2n) is 2.88. The number of hydrogen-bond acceptors (Lipinski definition) is 3. The van der Waals surface area contributed by atoms with Gasteiger partial charge in [0.25, 0.3) is 0 Å². The van der Waals surface area contributed by atoms with E-state index in [1.165, 1.54) is 0 Å². The van der Waals surface area contributed by atoms with Gasteiger partial charge in [-0.15, -0.1) is 0 Å². The fourth-order valence-electron chi connectivity index (χ4n) is 0.608. The van der Waals surface area contributed by atoms with Gasteiger partial charge in [-0.1, -0.05) is 13.8 Å². The van der Waals surface area contributed by atoms with Crippen LogP contribution in [0.15, 0.2) is 0 Å². The molecular formula is C7H15NO3. The fraction of sp³-hybridized carbons (Fsp3) is 0.857. The highest BCUT2D eigenvalue weighted by Gasteiger charge is 2.14. The van der Waals surface area contributed by atoms with Crippen molar-refractivity contribution in [3.05, 3.63) is 0 Å². The van der Waals surface area contributed by atoms with Gasteiger partial charge >= 0.3 is 5.97 Å². The van der Waals surface area contributed by atoms with E-state index in [1.54, 1.807) is 0 Å². The lowest BCUT2D eigenvalue weighted by Crippen LogP contribution is -2.41. The molecule has 0 rings (SSSR count). The third-order valence-electron chi connectivity index (χ3n) is 1.25. The molecule has 0 radical (unpaired) electrons. The largest absolute Gasteiger partial charge is 0.480 e. The maximum Gasteiger partial charge on any atom is 0.323 e. The van der Waals surface area contributed by atoms with Crippen LogP contribution in [0, 0.1) is 5.92 Å². The van der Waals surface area contributed by atoms with Gasteiger partial charge < -0.3 is 15.5 Å². The Bertz CT molecular complexity index is 125. The van der Waals surface area contributed by atoms with Crippen molar-refractivity contribution in [3.8, 4) is 0 Å². The monoisotopic (exact) mass is 161 g/mol. The highest BCUT2D eigenvalue weighted by Crippen LogP contribution is 1.89. The van der Waals surface area contributed by atoms with Gasteiger partial charge in [0.05, 0.1) is 6.61 Å². The van der Waals surface area contributed by atoms with Crippen LogP contribution in [0.3, 0.4) is 0 Å². The highest BCUT2D eigenvalue weighted by atomic mass is 16.4. The van der Waals surface area contributed by atoms with E-state index in [0.29, 0.717) is 12.5 Å². The molecule has 0 fully saturated rings. The Labute approximate surface area is 66.2 Å². The third-order valence-corrected chi connectivity index (χ3v) is 1.25. The van der Waals surface area contributed by atoms with Crippen molar-refractivity contribution in [2.24, 2.45) is 5.92 Å². The van der Waals surface area contributed by atoms with Gasteiger partial charge in [0.15, 0.2) is 0 Å². The van der Waals surface area contributed by atoms with E-state index in [9.17, 15) is 4.79 Å². The van der Waals surface area contributed by atoms with Crippen molar-refractivity contribution in [1.29, 1.82) is 0 Å². The van der Waals surface area contributed by atoms with Crippen LogP contribution in [0.2, 0.25) is 0 Å². The summed E-state index contributed by atoms with van der Waals surface area (Å²) >= 11 is 0. The molecule has 66 valence electrons. The molecule has 0 heterocycles. The minimum absolute atomic E-state index is 0.359. The lowest BCUT2D eigenvalue weighted by atomic mass is 10.2. The van der Waals surface area contributed by atoms with Crippen molar-refractivity contribution in [1.82, 2.24) is 5.32 Å². The van der Waals surface area contributed by atoms with Gasteiger partial charge in [0.2, 0.25) is 0 Å². The maximum atomic E-state index is 10.3. The van der Waals surface area contributed by atoms with Crippen LogP contribution >= 0.6 is 0 Å². The zero-order valence-electron chi connectivity index (χ0n) is 6.87. The summed E-state index contributed by atoms with van der Waals surface area (Å²) in [6.45, 7) is 4.20. The van der Waals surface area contributed by atoms with Crippen molar-refractivity contribution >= 4 is 5.97 Å². The van der Waals surface area contributed by atoms with Crippen LogP contribution in [-0.4, -0.2) is 35.4 Å². The second kappa shape index (κ2) is 5.09. The molecule has 0 unspecified atom stereocenters. The van der Waals surface area contributed by atoms with E-state index in [-0.39, 0.29) is 6.61 Å². The minimum atomic E-state index is -1.01. The van der Waals surface area contributed by atoms with Crippen molar-refractivity contribution in [2.45, 2.75) is 19.9 Å². The Morgan fingerprint density at radius 2 is 2.09 bits per heavy atom. The molecule has 0 spiro atoms. The zero-order valence-corrected chi connectivity index (χ0v) is 6.87. The number of nitrogens with one attached hydrogen (secondary N) is 1. The van der Waals surface area contributed by atoms with E-state index < -0.39 is 12.0 Å². The molecule has 0 aliphatic carbocycles. The minimum Gasteiger partial charge on any atom is -0.480 e. The average molecular weight is 161 g/mol. The average Bonchev–Trinajstić information content (AvgIpc) is 1.87. The number of carboxylic acids is 1. The quantitative estimate of drug-likeness (QED) is 0.516. The normalized spacial score (nSPS) is 13.5. The smallest absolute Gasteiger partial charge is 0.323 e. The summed E-state index contributed by atoms with van der Waals surface area (Å²) in [7, 11) is 0. The molecule has 0 aliphatic heterocycles. The van der Waals surface area contributed by atoms with Gasteiger partial charge in [-0.2, -0.15) is 0 Å². The number of hydrogen-bond donors (Lipinski definition) is 3. The van der Waals surface area contributed by atoms with Gasteiger partial charge in [-0.3, -0.25) is 4.79 Å². The van der Waals surface area contributed by atoms with Crippen molar-refractivity contribution in [3.63, 3.8) is 0 Å². The van der Waals surface area contributed by atoms with E-state index in [1.807, 2.05) is 13.8 Å². The summed E-state index contributed by atoms with van der Waals surface area (Å²) in [4.78, 5) is 10.3. The topological polar surface area (TPSA) is 69.6 Å². The molecule has 0 saturated carbocycles. The highest BCUT2D eigenvalue weighted by molar-refractivity contribution is 5.73. The van der Waals surface area contributed by atoms with Gasteiger partial charge in [0, 0.05) is 0 Å². The lowest BCUT2D eigenvalue weighted by Gasteiger charge is -2.12. The van der Waals surface area contributed by atoms with Crippen molar-refractivity contribution < 1.29 is 15.0 Å². The van der Waals surface area contributed by atoms with E-state index in [0.717, 1.165) is 0 Å². The number of aliphatic carboxylic acids is 1. The van der Waals surface area contributed by atoms with Gasteiger partial charge in [-0.25, -0.2) is 0 Å². The summed E-state index contributed by atoms with van der Waals surface area (Å²) in [6, 6.07) is -0.822. The van der Waals surface area contributed by atoms with Crippen LogP contribution in [0.25, 0.3) is 0 Å². The van der Waals surface area contributed by atoms with E-state index in [2.05, 4.69) is 5.32 Å². The third kappa shape index (κ3) is 4.75. The van der Waals surface area contributed by atoms with E-state index >= 15 is 0 Å². The lowest BCUT2D eigenvalue weighted by molar-refractivity contribution is -0.140. The summed E-state index contributed by atoms with van der Waals surface area (Å²) in [6.07, 6.45) is 0. The second-order valence-corrected chi connectivity index (χ2v) is 2.88. The Hall–Kier alpha value is -0.610. The first-order valence-electron chi connectivity index (χ1n) is 3.65. The molecule has 1 atom stereocenters. The summed E-state index contributed by atoms with van der Waals surface area (Å²) in [5.74, 6) is -0.614. The van der Waals surface area contributed by atoms with Crippen molar-refractivity contribution in [2.75, 3.05) is 13.2 Å². The first-order chi connectivity index (χ1) is 5.07.